The highest BCUT2D eigenvalue weighted by Gasteiger charge is 2.55. The van der Waals surface area contributed by atoms with E-state index in [0.29, 0.717) is 0 Å². The van der Waals surface area contributed by atoms with Crippen molar-refractivity contribution in [2.45, 2.75) is 6.42 Å². The minimum absolute atomic E-state index is 0.672. The van der Waals surface area contributed by atoms with E-state index in [1.807, 2.05) is 0 Å². The average Bonchev–Trinajstić information content (AvgIpc) is 2.30. The lowest BCUT2D eigenvalue weighted by Gasteiger charge is -2.21. The summed E-state index contributed by atoms with van der Waals surface area (Å²) in [5.74, 6) is 0. The molecule has 0 aliphatic heterocycles. The lowest BCUT2D eigenvalue weighted by molar-refractivity contribution is 0.384. The average molecular weight is 194 g/mol. The van der Waals surface area contributed by atoms with Crippen LogP contribution in [-0.4, -0.2) is 0 Å². The first-order chi connectivity index (χ1) is 7.11. The van der Waals surface area contributed by atoms with Crippen molar-refractivity contribution in [2.75, 3.05) is 0 Å². The van der Waals surface area contributed by atoms with E-state index in [4.69, 9.17) is 31.6 Å². The molecule has 0 N–H and O–H groups in total. The fraction of sp³-hybridized carbons (Fsp3) is 0.333. The van der Waals surface area contributed by atoms with Gasteiger partial charge in [-0.2, -0.15) is 31.6 Å². The summed E-state index contributed by atoms with van der Waals surface area (Å²) in [5.41, 5.74) is -4.67. The normalized spacial score (nSPS) is 9.20. The van der Waals surface area contributed by atoms with Gasteiger partial charge in [-0.1, -0.05) is 0 Å². The Bertz CT molecular complexity index is 454. The van der Waals surface area contributed by atoms with Crippen molar-refractivity contribution >= 4 is 0 Å². The molecule has 6 nitrogen and oxygen atoms in total. The molecule has 15 heavy (non-hydrogen) atoms. The quantitative estimate of drug-likeness (QED) is 0.625. The lowest BCUT2D eigenvalue weighted by Crippen LogP contribution is -2.36. The molecular weight excluding hydrogens is 192 g/mol. The zero-order chi connectivity index (χ0) is 11.9. The van der Waals surface area contributed by atoms with E-state index in [1.165, 1.54) is 36.4 Å². The summed E-state index contributed by atoms with van der Waals surface area (Å²) in [7, 11) is 0. The van der Waals surface area contributed by atoms with Crippen LogP contribution in [0.2, 0.25) is 0 Å². The predicted octanol–water partition coefficient (Wildman–Crippen LogP) is 0.491. The van der Waals surface area contributed by atoms with Crippen molar-refractivity contribution in [3.05, 3.63) is 0 Å². The van der Waals surface area contributed by atoms with Gasteiger partial charge in [0, 0.05) is 0 Å². The Morgan fingerprint density at radius 2 is 1.07 bits per heavy atom. The second kappa shape index (κ2) is 4.25. The Hall–Kier alpha value is -3.06. The summed E-state index contributed by atoms with van der Waals surface area (Å²) in [6, 6.07) is 8.31. The highest BCUT2D eigenvalue weighted by molar-refractivity contribution is 5.42. The van der Waals surface area contributed by atoms with E-state index in [0.717, 1.165) is 0 Å². The lowest BCUT2D eigenvalue weighted by atomic mass is 9.65. The largest absolute Gasteiger partial charge is 0.261 e. The molecule has 0 atom stereocenters. The molecule has 0 fully saturated rings. The molecule has 0 saturated heterocycles. The van der Waals surface area contributed by atoms with Crippen LogP contribution in [0.1, 0.15) is 6.42 Å². The highest BCUT2D eigenvalue weighted by Crippen LogP contribution is 2.40. The number of nitrogens with zero attached hydrogens (tertiary/aromatic N) is 6. The molecule has 0 saturated carbocycles. The van der Waals surface area contributed by atoms with Crippen molar-refractivity contribution < 1.29 is 0 Å². The second-order valence-electron chi connectivity index (χ2n) is 2.55. The third-order valence-electron chi connectivity index (χ3n) is 1.87. The highest BCUT2D eigenvalue weighted by atomic mass is 14.6. The zero-order valence-corrected chi connectivity index (χ0v) is 7.39. The molecule has 0 aliphatic rings. The Labute approximate surface area is 86.0 Å². The molecule has 6 heteroatoms. The Balaban J connectivity index is 5.96. The molecule has 0 aromatic heterocycles. The van der Waals surface area contributed by atoms with Crippen molar-refractivity contribution in [1.82, 2.24) is 0 Å². The van der Waals surface area contributed by atoms with Crippen molar-refractivity contribution in [3.8, 4) is 36.4 Å². The predicted molar refractivity (Wildman–Crippen MR) is 43.2 cm³/mol. The van der Waals surface area contributed by atoms with E-state index in [1.54, 1.807) is 0 Å². The molecule has 0 spiro atoms. The van der Waals surface area contributed by atoms with Crippen LogP contribution in [0.3, 0.4) is 0 Å². The third-order valence-corrected chi connectivity index (χ3v) is 1.87. The fourth-order valence-electron chi connectivity index (χ4n) is 0.884. The van der Waals surface area contributed by atoms with E-state index >= 15 is 0 Å². The van der Waals surface area contributed by atoms with Gasteiger partial charge >= 0.3 is 0 Å². The third kappa shape index (κ3) is 1.41. The first kappa shape index (κ1) is 11.9. The van der Waals surface area contributed by atoms with Crippen molar-refractivity contribution in [1.29, 1.82) is 31.6 Å². The summed E-state index contributed by atoms with van der Waals surface area (Å²) < 4.78 is 0. The number of nitriles is 6. The summed E-state index contributed by atoms with van der Waals surface area (Å²) in [5, 5.41) is 52.0. The fourth-order valence-corrected chi connectivity index (χ4v) is 0.884. The van der Waals surface area contributed by atoms with Crippen LogP contribution in [0.25, 0.3) is 0 Å². The van der Waals surface area contributed by atoms with Gasteiger partial charge in [-0.15, -0.1) is 0 Å². The Morgan fingerprint density at radius 3 is 1.27 bits per heavy atom. The van der Waals surface area contributed by atoms with Gasteiger partial charge in [0.15, 0.2) is 0 Å². The maximum atomic E-state index is 8.76. The Morgan fingerprint density at radius 1 is 0.667 bits per heavy atom. The molecule has 0 bridgehead atoms. The molecule has 0 unspecified atom stereocenters. The molecular formula is C9H2N6. The molecule has 68 valence electrons. The standard InChI is InChI=1S/C9H2N6/c10-2-1-8(3-11,4-12)9(5-13,6-14)7-15/h1H2. The van der Waals surface area contributed by atoms with E-state index < -0.39 is 17.3 Å². The van der Waals surface area contributed by atoms with Gasteiger partial charge in [-0.25, -0.2) is 0 Å². The van der Waals surface area contributed by atoms with Crippen LogP contribution in [0.15, 0.2) is 0 Å². The van der Waals surface area contributed by atoms with Crippen LogP contribution in [-0.2, 0) is 0 Å². The molecule has 0 aliphatic carbocycles. The summed E-state index contributed by atoms with van der Waals surface area (Å²) in [6.07, 6.45) is -0.672. The molecule has 0 amide bonds. The molecule has 0 rings (SSSR count). The van der Waals surface area contributed by atoms with E-state index in [2.05, 4.69) is 0 Å². The van der Waals surface area contributed by atoms with Crippen LogP contribution in [0, 0.1) is 78.8 Å². The first-order valence-corrected chi connectivity index (χ1v) is 3.55. The van der Waals surface area contributed by atoms with Crippen LogP contribution in [0.4, 0.5) is 0 Å². The topological polar surface area (TPSA) is 143 Å². The van der Waals surface area contributed by atoms with Crippen LogP contribution < -0.4 is 0 Å². The first-order valence-electron chi connectivity index (χ1n) is 3.55. The zero-order valence-electron chi connectivity index (χ0n) is 7.39. The van der Waals surface area contributed by atoms with Crippen LogP contribution >= 0.6 is 0 Å². The van der Waals surface area contributed by atoms with Gasteiger partial charge in [0.25, 0.3) is 5.41 Å². The smallest absolute Gasteiger partial charge is 0.198 e. The van der Waals surface area contributed by atoms with Gasteiger partial charge in [0.2, 0.25) is 5.41 Å². The maximum absolute atomic E-state index is 8.76. The number of rotatable bonds is 2. The van der Waals surface area contributed by atoms with Crippen molar-refractivity contribution in [3.63, 3.8) is 0 Å². The summed E-state index contributed by atoms with van der Waals surface area (Å²) in [6.45, 7) is 0. The minimum atomic E-state index is -2.44. The number of hydrogen-bond acceptors (Lipinski definition) is 6. The Kier molecular flexibility index (Phi) is 3.39. The van der Waals surface area contributed by atoms with E-state index in [9.17, 15) is 0 Å². The molecule has 0 aromatic carbocycles. The monoisotopic (exact) mass is 194 g/mol. The molecule has 0 heterocycles. The molecule has 0 radical (unpaired) electrons. The number of hydrogen-bond donors (Lipinski definition) is 0. The van der Waals surface area contributed by atoms with Gasteiger partial charge < -0.3 is 0 Å². The van der Waals surface area contributed by atoms with Crippen LogP contribution in [0.5, 0.6) is 0 Å². The van der Waals surface area contributed by atoms with E-state index in [-0.39, 0.29) is 0 Å². The van der Waals surface area contributed by atoms with Gasteiger partial charge in [0.05, 0.1) is 24.6 Å². The second-order valence-corrected chi connectivity index (χ2v) is 2.55. The van der Waals surface area contributed by atoms with Gasteiger partial charge in [0.1, 0.15) is 18.2 Å². The minimum Gasteiger partial charge on any atom is -0.198 e. The van der Waals surface area contributed by atoms with Crippen molar-refractivity contribution in [2.24, 2.45) is 10.8 Å². The maximum Gasteiger partial charge on any atom is 0.261 e. The van der Waals surface area contributed by atoms with Gasteiger partial charge in [-0.3, -0.25) is 0 Å². The summed E-state index contributed by atoms with van der Waals surface area (Å²) >= 11 is 0. The summed E-state index contributed by atoms with van der Waals surface area (Å²) in [4.78, 5) is 0. The van der Waals surface area contributed by atoms with Gasteiger partial charge in [-0.05, 0) is 0 Å². The molecule has 0 aromatic rings. The SMILES string of the molecule is N#CCC(C#N)(C#N)C(C#N)(C#N)C#N.